The summed E-state index contributed by atoms with van der Waals surface area (Å²) >= 11 is 0. The number of rotatable bonds is 4. The molecule has 2 aromatic rings. The molecule has 4 heteroatoms. The molecule has 0 saturated carbocycles. The Kier molecular flexibility index (Phi) is 4.07. The lowest BCUT2D eigenvalue weighted by atomic mass is 9.85. The fourth-order valence-electron chi connectivity index (χ4n) is 3.99. The zero-order chi connectivity index (χ0) is 16.5. The Morgan fingerprint density at radius 3 is 2.75 bits per heavy atom. The zero-order valence-electron chi connectivity index (χ0n) is 14.1. The van der Waals surface area contributed by atoms with Gasteiger partial charge in [-0.15, -0.1) is 0 Å². The molecule has 0 spiro atoms. The van der Waals surface area contributed by atoms with Gasteiger partial charge in [-0.05, 0) is 35.7 Å². The van der Waals surface area contributed by atoms with Crippen molar-refractivity contribution in [2.45, 2.75) is 30.9 Å². The number of para-hydroxylation sites is 1. The zero-order valence-corrected chi connectivity index (χ0v) is 14.1. The van der Waals surface area contributed by atoms with Crippen LogP contribution in [0.3, 0.4) is 0 Å². The molecule has 0 bridgehead atoms. The molecule has 3 atom stereocenters. The molecule has 4 nitrogen and oxygen atoms in total. The van der Waals surface area contributed by atoms with Crippen LogP contribution in [0.2, 0.25) is 0 Å². The van der Waals surface area contributed by atoms with Crippen LogP contribution in [0.15, 0.2) is 42.5 Å². The number of nitrogens with one attached hydrogen (secondary N) is 1. The maximum atomic E-state index is 6.12. The predicted molar refractivity (Wildman–Crippen MR) is 94.2 cm³/mol. The van der Waals surface area contributed by atoms with Gasteiger partial charge in [0, 0.05) is 24.6 Å². The molecule has 24 heavy (non-hydrogen) atoms. The highest BCUT2D eigenvalue weighted by Crippen LogP contribution is 2.43. The highest BCUT2D eigenvalue weighted by Gasteiger charge is 2.40. The Bertz CT molecular complexity index is 731. The van der Waals surface area contributed by atoms with Gasteiger partial charge >= 0.3 is 0 Å². The third-order valence-corrected chi connectivity index (χ3v) is 5.16. The average Bonchev–Trinajstić information content (AvgIpc) is 3.01. The Morgan fingerprint density at radius 1 is 1.08 bits per heavy atom. The van der Waals surface area contributed by atoms with Gasteiger partial charge in [-0.1, -0.05) is 24.3 Å². The first-order valence-electron chi connectivity index (χ1n) is 8.48. The fourth-order valence-corrected chi connectivity index (χ4v) is 3.99. The van der Waals surface area contributed by atoms with Crippen molar-refractivity contribution in [3.8, 4) is 11.5 Å². The lowest BCUT2D eigenvalue weighted by molar-refractivity contribution is 0.000643. The van der Waals surface area contributed by atoms with Gasteiger partial charge in [0.1, 0.15) is 0 Å². The third-order valence-electron chi connectivity index (χ3n) is 5.16. The second-order valence-corrected chi connectivity index (χ2v) is 6.46. The maximum Gasteiger partial charge on any atom is 0.160 e. The van der Waals surface area contributed by atoms with E-state index < -0.39 is 0 Å². The van der Waals surface area contributed by atoms with Crippen molar-refractivity contribution < 1.29 is 14.2 Å². The largest absolute Gasteiger partial charge is 0.493 e. The van der Waals surface area contributed by atoms with E-state index >= 15 is 0 Å². The summed E-state index contributed by atoms with van der Waals surface area (Å²) in [5.74, 6) is 2.07. The van der Waals surface area contributed by atoms with Crippen LogP contribution in [-0.4, -0.2) is 33.0 Å². The Hall–Kier alpha value is -2.20. The molecule has 1 fully saturated rings. The molecule has 0 radical (unpaired) electrons. The Morgan fingerprint density at radius 2 is 1.92 bits per heavy atom. The Balaban J connectivity index is 1.55. The number of fused-ring (bicyclic) bond motifs is 3. The normalized spacial score (nSPS) is 24.7. The highest BCUT2D eigenvalue weighted by atomic mass is 16.5. The summed E-state index contributed by atoms with van der Waals surface area (Å²) in [6.45, 7) is 0.815. The van der Waals surface area contributed by atoms with Crippen LogP contribution in [0.1, 0.15) is 23.5 Å². The van der Waals surface area contributed by atoms with E-state index in [1.165, 1.54) is 16.8 Å². The van der Waals surface area contributed by atoms with Crippen LogP contribution in [0, 0.1) is 0 Å². The first-order chi connectivity index (χ1) is 11.8. The van der Waals surface area contributed by atoms with Crippen LogP contribution in [0.25, 0.3) is 0 Å². The van der Waals surface area contributed by atoms with Crippen molar-refractivity contribution in [1.82, 2.24) is 0 Å². The van der Waals surface area contributed by atoms with Gasteiger partial charge in [-0.2, -0.15) is 0 Å². The Labute approximate surface area is 142 Å². The predicted octanol–water partition coefficient (Wildman–Crippen LogP) is 3.61. The summed E-state index contributed by atoms with van der Waals surface area (Å²) in [5.41, 5.74) is 3.90. The summed E-state index contributed by atoms with van der Waals surface area (Å²) in [6, 6.07) is 15.1. The topological polar surface area (TPSA) is 39.7 Å². The summed E-state index contributed by atoms with van der Waals surface area (Å²) in [6.07, 6.45) is 2.11. The molecule has 2 aliphatic rings. The van der Waals surface area contributed by atoms with Crippen LogP contribution in [-0.2, 0) is 11.2 Å². The second-order valence-electron chi connectivity index (χ2n) is 6.46. The van der Waals surface area contributed by atoms with Gasteiger partial charge in [0.05, 0.1) is 26.4 Å². The summed E-state index contributed by atoms with van der Waals surface area (Å²) in [7, 11) is 3.33. The number of ether oxygens (including phenoxy) is 3. The van der Waals surface area contributed by atoms with Crippen LogP contribution in [0.4, 0.5) is 5.69 Å². The lowest BCUT2D eigenvalue weighted by Gasteiger charge is -2.34. The molecule has 2 heterocycles. The molecular weight excluding hydrogens is 302 g/mol. The van der Waals surface area contributed by atoms with E-state index in [4.69, 9.17) is 14.2 Å². The molecule has 4 rings (SSSR count). The minimum Gasteiger partial charge on any atom is -0.493 e. The fraction of sp³-hybridized carbons (Fsp3) is 0.400. The van der Waals surface area contributed by atoms with Crippen molar-refractivity contribution >= 4 is 5.69 Å². The van der Waals surface area contributed by atoms with Crippen molar-refractivity contribution in [3.63, 3.8) is 0 Å². The molecule has 1 saturated heterocycles. The average molecular weight is 325 g/mol. The van der Waals surface area contributed by atoms with E-state index in [0.717, 1.165) is 30.9 Å². The summed E-state index contributed by atoms with van der Waals surface area (Å²) in [5, 5.41) is 3.68. The monoisotopic (exact) mass is 325 g/mol. The molecule has 0 unspecified atom stereocenters. The van der Waals surface area contributed by atoms with Crippen molar-refractivity contribution in [3.05, 3.63) is 53.6 Å². The van der Waals surface area contributed by atoms with E-state index in [-0.39, 0.29) is 6.10 Å². The second kappa shape index (κ2) is 6.36. The van der Waals surface area contributed by atoms with Gasteiger partial charge in [0.2, 0.25) is 0 Å². The van der Waals surface area contributed by atoms with E-state index in [0.29, 0.717) is 12.0 Å². The van der Waals surface area contributed by atoms with E-state index in [1.54, 1.807) is 14.2 Å². The number of hydrogen-bond acceptors (Lipinski definition) is 4. The van der Waals surface area contributed by atoms with Crippen LogP contribution >= 0.6 is 0 Å². The molecule has 2 aliphatic heterocycles. The first kappa shape index (κ1) is 15.3. The van der Waals surface area contributed by atoms with Crippen LogP contribution < -0.4 is 14.8 Å². The van der Waals surface area contributed by atoms with E-state index in [2.05, 4.69) is 35.6 Å². The maximum absolute atomic E-state index is 6.12. The van der Waals surface area contributed by atoms with Crippen molar-refractivity contribution in [2.75, 3.05) is 26.1 Å². The molecule has 0 aromatic heterocycles. The first-order valence-corrected chi connectivity index (χ1v) is 8.48. The van der Waals surface area contributed by atoms with Crippen molar-refractivity contribution in [1.29, 1.82) is 0 Å². The molecule has 0 amide bonds. The van der Waals surface area contributed by atoms with Gasteiger partial charge in [-0.3, -0.25) is 0 Å². The van der Waals surface area contributed by atoms with Gasteiger partial charge in [-0.25, -0.2) is 0 Å². The van der Waals surface area contributed by atoms with Gasteiger partial charge in [0.25, 0.3) is 0 Å². The minimum absolute atomic E-state index is 0.161. The summed E-state index contributed by atoms with van der Waals surface area (Å²) < 4.78 is 16.9. The number of anilines is 1. The quantitative estimate of drug-likeness (QED) is 0.932. The minimum atomic E-state index is 0.161. The molecule has 2 aromatic carbocycles. The molecule has 1 N–H and O–H groups in total. The molecular formula is C20H23NO3. The number of hydrogen-bond donors (Lipinski definition) is 1. The summed E-state index contributed by atoms with van der Waals surface area (Å²) in [4.78, 5) is 0. The molecule has 0 aliphatic carbocycles. The SMILES string of the molecule is COc1ccc(C[C@H]2OCC[C@H]3c4ccccc4N[C@@H]23)cc1OC. The van der Waals surface area contributed by atoms with Crippen LogP contribution in [0.5, 0.6) is 11.5 Å². The van der Waals surface area contributed by atoms with Gasteiger partial charge in [0.15, 0.2) is 11.5 Å². The highest BCUT2D eigenvalue weighted by molar-refractivity contribution is 5.60. The standard InChI is InChI=1S/C20H23NO3/c1-22-17-8-7-13(11-18(17)23-2)12-19-20-15(9-10-24-19)14-5-3-4-6-16(14)21-20/h3-8,11,15,19-21H,9-10,12H2,1-2H3/t15-,19+,20+/m0/s1. The van der Waals surface area contributed by atoms with Crippen molar-refractivity contribution in [2.24, 2.45) is 0 Å². The number of benzene rings is 2. The van der Waals surface area contributed by atoms with Gasteiger partial charge < -0.3 is 19.5 Å². The smallest absolute Gasteiger partial charge is 0.160 e. The van der Waals surface area contributed by atoms with E-state index in [1.807, 2.05) is 12.1 Å². The van der Waals surface area contributed by atoms with E-state index in [9.17, 15) is 0 Å². The third kappa shape index (κ3) is 2.61. The number of methoxy groups -OCH3 is 2. The lowest BCUT2D eigenvalue weighted by Crippen LogP contribution is -2.42. The molecule has 126 valence electrons.